The first-order valence-electron chi connectivity index (χ1n) is 9.57. The third kappa shape index (κ3) is 3.70. The summed E-state index contributed by atoms with van der Waals surface area (Å²) in [6, 6.07) is 0.242. The second-order valence-electron chi connectivity index (χ2n) is 7.51. The van der Waals surface area contributed by atoms with Crippen molar-refractivity contribution in [2.24, 2.45) is 13.0 Å². The molecule has 0 aromatic carbocycles. The summed E-state index contributed by atoms with van der Waals surface area (Å²) in [4.78, 5) is 2.50. The molecule has 0 aliphatic carbocycles. The highest BCUT2D eigenvalue weighted by Gasteiger charge is 2.32. The fraction of sp³-hybridized carbons (Fsp3) is 0.684. The quantitative estimate of drug-likeness (QED) is 0.787. The van der Waals surface area contributed by atoms with Gasteiger partial charge in [0.15, 0.2) is 0 Å². The van der Waals surface area contributed by atoms with E-state index in [0.717, 1.165) is 52.1 Å². The molecule has 1 atom stereocenters. The molecule has 1 fully saturated rings. The van der Waals surface area contributed by atoms with Crippen LogP contribution in [0.1, 0.15) is 35.7 Å². The van der Waals surface area contributed by atoms with Crippen LogP contribution in [0.2, 0.25) is 0 Å². The predicted octanol–water partition coefficient (Wildman–Crippen LogP) is 1.79. The fourth-order valence-corrected chi connectivity index (χ4v) is 4.24. The van der Waals surface area contributed by atoms with Crippen molar-refractivity contribution < 1.29 is 9.47 Å². The highest BCUT2D eigenvalue weighted by molar-refractivity contribution is 5.26. The third-order valence-corrected chi connectivity index (χ3v) is 5.63. The zero-order valence-electron chi connectivity index (χ0n) is 15.8. The maximum atomic E-state index is 5.60. The van der Waals surface area contributed by atoms with Gasteiger partial charge in [0.25, 0.3) is 0 Å². The van der Waals surface area contributed by atoms with Crippen LogP contribution in [0, 0.1) is 5.92 Å². The van der Waals surface area contributed by atoms with E-state index in [0.29, 0.717) is 12.5 Å². The van der Waals surface area contributed by atoms with Crippen molar-refractivity contribution in [2.75, 3.05) is 33.5 Å². The summed E-state index contributed by atoms with van der Waals surface area (Å²) in [6.45, 7) is 5.35. The molecule has 142 valence electrons. The molecule has 7 heteroatoms. The standard InChI is InChI=1S/C19H29N5O2/c1-22-11-16(9-20-22)12-23-6-3-17-10-21-24(19(17)18(23)14-25-2)13-15-4-7-26-8-5-15/h9-11,15,18H,3-8,12-14H2,1-2H3. The minimum atomic E-state index is 0.242. The largest absolute Gasteiger partial charge is 0.383 e. The van der Waals surface area contributed by atoms with E-state index in [2.05, 4.69) is 27.1 Å². The Morgan fingerprint density at radius 3 is 2.81 bits per heavy atom. The number of rotatable bonds is 6. The molecule has 26 heavy (non-hydrogen) atoms. The Balaban J connectivity index is 1.55. The lowest BCUT2D eigenvalue weighted by atomic mass is 9.97. The van der Waals surface area contributed by atoms with Gasteiger partial charge >= 0.3 is 0 Å². The van der Waals surface area contributed by atoms with E-state index in [9.17, 15) is 0 Å². The third-order valence-electron chi connectivity index (χ3n) is 5.63. The highest BCUT2D eigenvalue weighted by Crippen LogP contribution is 2.32. The number of hydrogen-bond donors (Lipinski definition) is 0. The van der Waals surface area contributed by atoms with E-state index < -0.39 is 0 Å². The molecule has 1 saturated heterocycles. The lowest BCUT2D eigenvalue weighted by molar-refractivity contribution is 0.0545. The van der Waals surface area contributed by atoms with Crippen molar-refractivity contribution in [3.8, 4) is 0 Å². The number of aromatic nitrogens is 4. The van der Waals surface area contributed by atoms with Crippen molar-refractivity contribution in [3.63, 3.8) is 0 Å². The van der Waals surface area contributed by atoms with Gasteiger partial charge in [-0.3, -0.25) is 14.3 Å². The van der Waals surface area contributed by atoms with Crippen LogP contribution >= 0.6 is 0 Å². The average molecular weight is 359 g/mol. The lowest BCUT2D eigenvalue weighted by Crippen LogP contribution is -2.38. The van der Waals surface area contributed by atoms with Gasteiger partial charge in [-0.1, -0.05) is 0 Å². The van der Waals surface area contributed by atoms with Crippen LogP contribution in [0.5, 0.6) is 0 Å². The number of ether oxygens (including phenoxy) is 2. The summed E-state index contributed by atoms with van der Waals surface area (Å²) in [7, 11) is 3.75. The van der Waals surface area contributed by atoms with Crippen LogP contribution in [0.3, 0.4) is 0 Å². The topological polar surface area (TPSA) is 57.3 Å². The van der Waals surface area contributed by atoms with E-state index in [-0.39, 0.29) is 6.04 Å². The Labute approximate surface area is 154 Å². The maximum Gasteiger partial charge on any atom is 0.0760 e. The van der Waals surface area contributed by atoms with Gasteiger partial charge in [0, 0.05) is 58.8 Å². The first-order chi connectivity index (χ1) is 12.7. The molecule has 4 heterocycles. The normalized spacial score (nSPS) is 21.8. The molecular weight excluding hydrogens is 330 g/mol. The summed E-state index contributed by atoms with van der Waals surface area (Å²) < 4.78 is 15.2. The van der Waals surface area contributed by atoms with Crippen LogP contribution in [0.4, 0.5) is 0 Å². The van der Waals surface area contributed by atoms with Crippen LogP contribution < -0.4 is 0 Å². The average Bonchev–Trinajstić information content (AvgIpc) is 3.24. The van der Waals surface area contributed by atoms with Gasteiger partial charge < -0.3 is 9.47 Å². The van der Waals surface area contributed by atoms with Crippen molar-refractivity contribution in [1.82, 2.24) is 24.5 Å². The van der Waals surface area contributed by atoms with Gasteiger partial charge in [0.2, 0.25) is 0 Å². The molecule has 2 aromatic rings. The molecule has 7 nitrogen and oxygen atoms in total. The molecule has 1 unspecified atom stereocenters. The van der Waals surface area contributed by atoms with Gasteiger partial charge in [-0.15, -0.1) is 0 Å². The molecule has 0 bridgehead atoms. The smallest absolute Gasteiger partial charge is 0.0760 e. The Kier molecular flexibility index (Phi) is 5.38. The summed E-state index contributed by atoms with van der Waals surface area (Å²) in [5.41, 5.74) is 3.96. The van der Waals surface area contributed by atoms with Crippen LogP contribution in [-0.4, -0.2) is 57.9 Å². The Morgan fingerprint density at radius 1 is 1.23 bits per heavy atom. The first-order valence-corrected chi connectivity index (χ1v) is 9.57. The second kappa shape index (κ2) is 7.90. The van der Waals surface area contributed by atoms with Crippen molar-refractivity contribution in [2.45, 2.75) is 38.4 Å². The molecule has 0 amide bonds. The van der Waals surface area contributed by atoms with Gasteiger partial charge in [-0.05, 0) is 30.7 Å². The van der Waals surface area contributed by atoms with E-state index in [4.69, 9.17) is 14.6 Å². The molecule has 2 aliphatic rings. The van der Waals surface area contributed by atoms with Gasteiger partial charge in [-0.25, -0.2) is 0 Å². The Morgan fingerprint density at radius 2 is 2.08 bits per heavy atom. The van der Waals surface area contributed by atoms with Crippen molar-refractivity contribution in [3.05, 3.63) is 35.4 Å². The SMILES string of the molecule is COCC1c2c(cnn2CC2CCOCC2)CCN1Cc1cnn(C)c1. The van der Waals surface area contributed by atoms with E-state index in [1.807, 2.05) is 17.9 Å². The molecule has 0 spiro atoms. The minimum Gasteiger partial charge on any atom is -0.383 e. The van der Waals surface area contributed by atoms with Crippen LogP contribution in [-0.2, 0) is 36.0 Å². The number of hydrogen-bond acceptors (Lipinski definition) is 5. The Hall–Kier alpha value is -1.70. The summed E-state index contributed by atoms with van der Waals surface area (Å²) in [5.74, 6) is 0.657. The molecule has 4 rings (SSSR count). The maximum absolute atomic E-state index is 5.60. The van der Waals surface area contributed by atoms with Crippen LogP contribution in [0.15, 0.2) is 18.6 Å². The monoisotopic (exact) mass is 359 g/mol. The molecule has 0 saturated carbocycles. The van der Waals surface area contributed by atoms with E-state index in [1.165, 1.54) is 16.8 Å². The Bertz CT molecular complexity index is 719. The minimum absolute atomic E-state index is 0.242. The number of nitrogens with zero attached hydrogens (tertiary/aromatic N) is 5. The summed E-state index contributed by atoms with van der Waals surface area (Å²) in [5, 5.41) is 9.06. The predicted molar refractivity (Wildman–Crippen MR) is 97.7 cm³/mol. The molecule has 2 aromatic heterocycles. The lowest BCUT2D eigenvalue weighted by Gasteiger charge is -2.36. The first kappa shape index (κ1) is 17.7. The number of methoxy groups -OCH3 is 1. The van der Waals surface area contributed by atoms with Gasteiger partial charge in [-0.2, -0.15) is 10.2 Å². The van der Waals surface area contributed by atoms with Crippen molar-refractivity contribution >= 4 is 0 Å². The molecule has 2 aliphatic heterocycles. The van der Waals surface area contributed by atoms with Crippen molar-refractivity contribution in [1.29, 1.82) is 0 Å². The molecule has 0 radical (unpaired) electrons. The second-order valence-corrected chi connectivity index (χ2v) is 7.51. The van der Waals surface area contributed by atoms with Crippen LogP contribution in [0.25, 0.3) is 0 Å². The zero-order chi connectivity index (χ0) is 17.9. The van der Waals surface area contributed by atoms with Gasteiger partial charge in [0.1, 0.15) is 0 Å². The number of aryl methyl sites for hydroxylation is 1. The van der Waals surface area contributed by atoms with Gasteiger partial charge in [0.05, 0.1) is 30.7 Å². The summed E-state index contributed by atoms with van der Waals surface area (Å²) >= 11 is 0. The summed E-state index contributed by atoms with van der Waals surface area (Å²) in [6.07, 6.45) is 9.42. The number of fused-ring (bicyclic) bond motifs is 1. The highest BCUT2D eigenvalue weighted by atomic mass is 16.5. The fourth-order valence-electron chi connectivity index (χ4n) is 4.24. The zero-order valence-corrected chi connectivity index (χ0v) is 15.8. The molecule has 0 N–H and O–H groups in total. The van der Waals surface area contributed by atoms with E-state index in [1.54, 1.807) is 7.11 Å². The molecular formula is C19H29N5O2. The van der Waals surface area contributed by atoms with E-state index >= 15 is 0 Å².